The number of benzene rings is 1. The van der Waals surface area contributed by atoms with E-state index in [1.807, 2.05) is 0 Å². The van der Waals surface area contributed by atoms with Crippen LogP contribution in [0.25, 0.3) is 0 Å². The van der Waals surface area contributed by atoms with Crippen LogP contribution in [0, 0.1) is 0 Å². The summed E-state index contributed by atoms with van der Waals surface area (Å²) in [7, 11) is 0. The molecule has 2 aromatic rings. The molecule has 1 aromatic carbocycles. The van der Waals surface area contributed by atoms with E-state index in [0.717, 1.165) is 24.5 Å². The van der Waals surface area contributed by atoms with Gasteiger partial charge < -0.3 is 5.73 Å². The Morgan fingerprint density at radius 2 is 1.84 bits per heavy atom. The highest BCUT2D eigenvalue weighted by Gasteiger charge is 2.13. The number of nitrogens with two attached hydrogens (primary N) is 1. The Bertz CT molecular complexity index is 520. The second-order valence-corrected chi connectivity index (χ2v) is 5.86. The molecule has 0 unspecified atom stereocenters. The Morgan fingerprint density at radius 1 is 1.16 bits per heavy atom. The zero-order valence-electron chi connectivity index (χ0n) is 11.9. The third-order valence-electron chi connectivity index (χ3n) is 3.14. The molecule has 1 heterocycles. The summed E-state index contributed by atoms with van der Waals surface area (Å²) in [5.41, 5.74) is 8.26. The number of nitrogens with zero attached hydrogens (tertiary/aromatic N) is 2. The lowest BCUT2D eigenvalue weighted by Gasteiger charge is -2.19. The summed E-state index contributed by atoms with van der Waals surface area (Å²) in [6.45, 7) is 7.24. The fourth-order valence-electron chi connectivity index (χ4n) is 1.97. The lowest BCUT2D eigenvalue weighted by atomic mass is 9.86. The average Bonchev–Trinajstić information content (AvgIpc) is 2.77. The Hall–Kier alpha value is -1.68. The van der Waals surface area contributed by atoms with Crippen LogP contribution in [-0.4, -0.2) is 21.7 Å². The largest absolute Gasteiger partial charge is 0.330 e. The van der Waals surface area contributed by atoms with E-state index < -0.39 is 0 Å². The van der Waals surface area contributed by atoms with Gasteiger partial charge in [0.15, 0.2) is 5.82 Å². The highest BCUT2D eigenvalue weighted by atomic mass is 15.2. The predicted molar refractivity (Wildman–Crippen MR) is 77.1 cm³/mol. The van der Waals surface area contributed by atoms with Crippen molar-refractivity contribution in [2.24, 2.45) is 5.73 Å². The monoisotopic (exact) mass is 258 g/mol. The number of hydrogen-bond acceptors (Lipinski definition) is 3. The average molecular weight is 258 g/mol. The first-order valence-electron chi connectivity index (χ1n) is 6.68. The van der Waals surface area contributed by atoms with E-state index in [1.165, 1.54) is 11.1 Å². The zero-order chi connectivity index (χ0) is 13.9. The molecule has 19 heavy (non-hydrogen) atoms. The van der Waals surface area contributed by atoms with Crippen molar-refractivity contribution in [3.63, 3.8) is 0 Å². The van der Waals surface area contributed by atoms with Gasteiger partial charge >= 0.3 is 0 Å². The smallest absolute Gasteiger partial charge is 0.151 e. The van der Waals surface area contributed by atoms with Crippen molar-refractivity contribution in [3.8, 4) is 0 Å². The molecule has 2 rings (SSSR count). The highest BCUT2D eigenvalue weighted by molar-refractivity contribution is 5.28. The van der Waals surface area contributed by atoms with E-state index in [4.69, 9.17) is 5.73 Å². The minimum Gasteiger partial charge on any atom is -0.330 e. The fourth-order valence-corrected chi connectivity index (χ4v) is 1.97. The SMILES string of the molecule is CC(C)(C)c1ccc(Cc2nc(CCN)n[nH]2)cc1. The molecule has 3 N–H and O–H groups in total. The minimum atomic E-state index is 0.194. The predicted octanol–water partition coefficient (Wildman–Crippen LogP) is 2.19. The summed E-state index contributed by atoms with van der Waals surface area (Å²) in [6, 6.07) is 8.69. The van der Waals surface area contributed by atoms with Gasteiger partial charge in [0.25, 0.3) is 0 Å². The van der Waals surface area contributed by atoms with Crippen LogP contribution in [-0.2, 0) is 18.3 Å². The van der Waals surface area contributed by atoms with Crippen LogP contribution in [0.3, 0.4) is 0 Å². The lowest BCUT2D eigenvalue weighted by Crippen LogP contribution is -2.10. The normalized spacial score (nSPS) is 11.8. The van der Waals surface area contributed by atoms with Crippen molar-refractivity contribution in [3.05, 3.63) is 47.0 Å². The van der Waals surface area contributed by atoms with Gasteiger partial charge in [-0.05, 0) is 23.1 Å². The van der Waals surface area contributed by atoms with Gasteiger partial charge in [-0.2, -0.15) is 5.10 Å². The van der Waals surface area contributed by atoms with Crippen molar-refractivity contribution in [1.82, 2.24) is 15.2 Å². The van der Waals surface area contributed by atoms with E-state index in [0.29, 0.717) is 6.54 Å². The van der Waals surface area contributed by atoms with Crippen molar-refractivity contribution < 1.29 is 0 Å². The molecule has 0 saturated carbocycles. The molecular formula is C15H22N4. The first-order chi connectivity index (χ1) is 8.99. The first kappa shape index (κ1) is 13.7. The number of nitrogens with one attached hydrogen (secondary N) is 1. The third kappa shape index (κ3) is 3.64. The Labute approximate surface area is 114 Å². The summed E-state index contributed by atoms with van der Waals surface area (Å²) >= 11 is 0. The van der Waals surface area contributed by atoms with Crippen molar-refractivity contribution in [1.29, 1.82) is 0 Å². The Kier molecular flexibility index (Phi) is 4.00. The van der Waals surface area contributed by atoms with Crippen molar-refractivity contribution >= 4 is 0 Å². The minimum absolute atomic E-state index is 0.194. The topological polar surface area (TPSA) is 67.6 Å². The van der Waals surface area contributed by atoms with E-state index in [-0.39, 0.29) is 5.41 Å². The summed E-state index contributed by atoms with van der Waals surface area (Å²) in [5, 5.41) is 7.11. The van der Waals surface area contributed by atoms with Crippen LogP contribution in [0.1, 0.15) is 43.5 Å². The molecule has 0 bridgehead atoms. The summed E-state index contributed by atoms with van der Waals surface area (Å²) < 4.78 is 0. The summed E-state index contributed by atoms with van der Waals surface area (Å²) in [6.07, 6.45) is 1.50. The van der Waals surface area contributed by atoms with Crippen molar-refractivity contribution in [2.45, 2.75) is 39.0 Å². The van der Waals surface area contributed by atoms with Crippen molar-refractivity contribution in [2.75, 3.05) is 6.54 Å². The molecule has 0 fully saturated rings. The molecule has 4 heteroatoms. The van der Waals surface area contributed by atoms with Gasteiger partial charge in [-0.25, -0.2) is 4.98 Å². The number of hydrogen-bond donors (Lipinski definition) is 2. The van der Waals surface area contributed by atoms with Gasteiger partial charge in [0.1, 0.15) is 5.82 Å². The molecule has 0 saturated heterocycles. The van der Waals surface area contributed by atoms with Gasteiger partial charge in [-0.15, -0.1) is 0 Å². The van der Waals surface area contributed by atoms with Gasteiger partial charge in [0.2, 0.25) is 0 Å². The molecule has 0 aliphatic carbocycles. The zero-order valence-corrected chi connectivity index (χ0v) is 11.9. The van der Waals surface area contributed by atoms with Crippen LogP contribution in [0.2, 0.25) is 0 Å². The summed E-state index contributed by atoms with van der Waals surface area (Å²) in [4.78, 5) is 4.42. The molecule has 0 aliphatic heterocycles. The number of aromatic nitrogens is 3. The molecule has 1 aromatic heterocycles. The van der Waals surface area contributed by atoms with Gasteiger partial charge in [-0.3, -0.25) is 5.10 Å². The Balaban J connectivity index is 2.06. The van der Waals surface area contributed by atoms with E-state index in [2.05, 4.69) is 60.2 Å². The standard InChI is InChI=1S/C15H22N4/c1-15(2,3)12-6-4-11(5-7-12)10-14-17-13(8-9-16)18-19-14/h4-7H,8-10,16H2,1-3H3,(H,17,18,19). The van der Waals surface area contributed by atoms with E-state index in [1.54, 1.807) is 0 Å². The Morgan fingerprint density at radius 3 is 2.42 bits per heavy atom. The van der Waals surface area contributed by atoms with Gasteiger partial charge in [0, 0.05) is 12.8 Å². The van der Waals surface area contributed by atoms with Crippen LogP contribution in [0.5, 0.6) is 0 Å². The lowest BCUT2D eigenvalue weighted by molar-refractivity contribution is 0.590. The number of H-pyrrole nitrogens is 1. The number of aromatic amines is 1. The fraction of sp³-hybridized carbons (Fsp3) is 0.467. The van der Waals surface area contributed by atoms with E-state index in [9.17, 15) is 0 Å². The molecule has 4 nitrogen and oxygen atoms in total. The second kappa shape index (κ2) is 5.53. The molecular weight excluding hydrogens is 236 g/mol. The maximum Gasteiger partial charge on any atom is 0.151 e. The molecule has 0 atom stereocenters. The maximum atomic E-state index is 5.49. The highest BCUT2D eigenvalue weighted by Crippen LogP contribution is 2.22. The third-order valence-corrected chi connectivity index (χ3v) is 3.14. The first-order valence-corrected chi connectivity index (χ1v) is 6.68. The molecule has 0 amide bonds. The summed E-state index contributed by atoms with van der Waals surface area (Å²) in [5.74, 6) is 1.69. The van der Waals surface area contributed by atoms with E-state index >= 15 is 0 Å². The molecule has 0 radical (unpaired) electrons. The van der Waals surface area contributed by atoms with Crippen LogP contribution in [0.4, 0.5) is 0 Å². The van der Waals surface area contributed by atoms with Crippen LogP contribution in [0.15, 0.2) is 24.3 Å². The van der Waals surface area contributed by atoms with Crippen LogP contribution >= 0.6 is 0 Å². The van der Waals surface area contributed by atoms with Gasteiger partial charge in [-0.1, -0.05) is 45.0 Å². The molecule has 102 valence electrons. The molecule has 0 aliphatic rings. The molecule has 0 spiro atoms. The van der Waals surface area contributed by atoms with Gasteiger partial charge in [0.05, 0.1) is 0 Å². The number of rotatable bonds is 4. The second-order valence-electron chi connectivity index (χ2n) is 5.86. The van der Waals surface area contributed by atoms with Crippen LogP contribution < -0.4 is 5.73 Å². The maximum absolute atomic E-state index is 5.49. The quantitative estimate of drug-likeness (QED) is 0.883.